The molecule has 0 N–H and O–H groups in total. The average molecular weight is 309 g/mol. The third-order valence-corrected chi connectivity index (χ3v) is 3.42. The Morgan fingerprint density at radius 3 is 2.24 bits per heavy atom. The van der Waals surface area contributed by atoms with Crippen molar-refractivity contribution in [1.82, 2.24) is 9.97 Å². The molecule has 3 rings (SSSR count). The highest BCUT2D eigenvalue weighted by molar-refractivity contribution is 6.34. The van der Waals surface area contributed by atoms with Crippen molar-refractivity contribution in [3.63, 3.8) is 0 Å². The Labute approximate surface area is 123 Å². The Kier molecular flexibility index (Phi) is 3.29. The fourth-order valence-electron chi connectivity index (χ4n) is 2.14. The Morgan fingerprint density at radius 1 is 0.905 bits per heavy atom. The quantitative estimate of drug-likeness (QED) is 0.610. The highest BCUT2D eigenvalue weighted by atomic mass is 35.5. The maximum absolute atomic E-state index is 13.9. The monoisotopic (exact) mass is 308 g/mol. The van der Waals surface area contributed by atoms with E-state index < -0.39 is 23.0 Å². The van der Waals surface area contributed by atoms with Gasteiger partial charge in [0, 0.05) is 5.39 Å². The van der Waals surface area contributed by atoms with Crippen molar-refractivity contribution in [3.05, 3.63) is 58.5 Å². The zero-order valence-electron chi connectivity index (χ0n) is 10.8. The van der Waals surface area contributed by atoms with Crippen LogP contribution in [0.15, 0.2) is 30.3 Å². The van der Waals surface area contributed by atoms with Gasteiger partial charge in [-0.15, -0.1) is 0 Å². The van der Waals surface area contributed by atoms with Gasteiger partial charge in [-0.25, -0.2) is 23.1 Å². The van der Waals surface area contributed by atoms with Gasteiger partial charge in [0.2, 0.25) is 0 Å². The van der Waals surface area contributed by atoms with Crippen molar-refractivity contribution in [3.8, 4) is 11.4 Å². The van der Waals surface area contributed by atoms with E-state index in [0.717, 1.165) is 12.1 Å². The first-order chi connectivity index (χ1) is 9.99. The molecule has 0 aliphatic carbocycles. The van der Waals surface area contributed by atoms with E-state index in [9.17, 15) is 13.2 Å². The van der Waals surface area contributed by atoms with Gasteiger partial charge in [0.1, 0.15) is 28.1 Å². The number of rotatable bonds is 1. The normalized spacial score (nSPS) is 11.1. The van der Waals surface area contributed by atoms with E-state index in [2.05, 4.69) is 9.97 Å². The second kappa shape index (κ2) is 5.00. The molecule has 2 aromatic carbocycles. The van der Waals surface area contributed by atoms with Gasteiger partial charge in [0.15, 0.2) is 5.82 Å². The molecule has 0 aliphatic rings. The maximum atomic E-state index is 13.9. The van der Waals surface area contributed by atoms with Crippen LogP contribution in [0.1, 0.15) is 5.56 Å². The van der Waals surface area contributed by atoms with Crippen molar-refractivity contribution in [2.24, 2.45) is 0 Å². The topological polar surface area (TPSA) is 25.8 Å². The fraction of sp³-hybridized carbons (Fsp3) is 0.0667. The summed E-state index contributed by atoms with van der Waals surface area (Å²) in [6.45, 7) is 1.72. The van der Waals surface area contributed by atoms with Crippen LogP contribution in [0.4, 0.5) is 13.2 Å². The van der Waals surface area contributed by atoms with Crippen LogP contribution in [0.25, 0.3) is 22.3 Å². The largest absolute Gasteiger partial charge is 0.225 e. The first kappa shape index (κ1) is 13.8. The van der Waals surface area contributed by atoms with E-state index in [0.29, 0.717) is 10.9 Å². The minimum Gasteiger partial charge on any atom is -0.225 e. The second-order valence-electron chi connectivity index (χ2n) is 4.52. The standard InChI is InChI=1S/C15H8ClF3N2/c1-7-5-6-10(19)13-11(7)14(16)21-15(20-13)12-8(17)3-2-4-9(12)18/h2-6H,1H3. The summed E-state index contributed by atoms with van der Waals surface area (Å²) in [6.07, 6.45) is 0. The minimum atomic E-state index is -0.835. The lowest BCUT2D eigenvalue weighted by Gasteiger charge is -2.08. The van der Waals surface area contributed by atoms with E-state index in [4.69, 9.17) is 11.6 Å². The van der Waals surface area contributed by atoms with Gasteiger partial charge in [-0.05, 0) is 30.7 Å². The number of benzene rings is 2. The van der Waals surface area contributed by atoms with Crippen LogP contribution in [-0.4, -0.2) is 9.97 Å². The zero-order valence-corrected chi connectivity index (χ0v) is 11.5. The Bertz CT molecular complexity index is 845. The van der Waals surface area contributed by atoms with E-state index in [1.54, 1.807) is 6.92 Å². The number of hydrogen-bond donors (Lipinski definition) is 0. The number of fused-ring (bicyclic) bond motifs is 1. The number of aromatic nitrogens is 2. The molecule has 0 atom stereocenters. The van der Waals surface area contributed by atoms with Crippen molar-refractivity contribution in [2.75, 3.05) is 0 Å². The lowest BCUT2D eigenvalue weighted by molar-refractivity contribution is 0.587. The van der Waals surface area contributed by atoms with Crippen molar-refractivity contribution < 1.29 is 13.2 Å². The molecule has 1 aromatic heterocycles. The number of halogens is 4. The molecule has 21 heavy (non-hydrogen) atoms. The molecule has 106 valence electrons. The Hall–Kier alpha value is -2.14. The zero-order chi connectivity index (χ0) is 15.1. The second-order valence-corrected chi connectivity index (χ2v) is 4.88. The van der Waals surface area contributed by atoms with Crippen LogP contribution in [0, 0.1) is 24.4 Å². The third-order valence-electron chi connectivity index (χ3n) is 3.15. The van der Waals surface area contributed by atoms with E-state index >= 15 is 0 Å². The molecule has 6 heteroatoms. The minimum absolute atomic E-state index is 0.0466. The summed E-state index contributed by atoms with van der Waals surface area (Å²) < 4.78 is 41.5. The van der Waals surface area contributed by atoms with Crippen LogP contribution >= 0.6 is 11.6 Å². The van der Waals surface area contributed by atoms with Crippen molar-refractivity contribution >= 4 is 22.5 Å². The number of hydrogen-bond acceptors (Lipinski definition) is 2. The highest BCUT2D eigenvalue weighted by Crippen LogP contribution is 2.30. The predicted octanol–water partition coefficient (Wildman–Crippen LogP) is 4.68. The van der Waals surface area contributed by atoms with Crippen LogP contribution in [-0.2, 0) is 0 Å². The van der Waals surface area contributed by atoms with Gasteiger partial charge in [0.25, 0.3) is 0 Å². The van der Waals surface area contributed by atoms with Crippen LogP contribution in [0.3, 0.4) is 0 Å². The number of aryl methyl sites for hydroxylation is 1. The summed E-state index contributed by atoms with van der Waals surface area (Å²) in [5, 5.41) is 0.284. The fourth-order valence-corrected chi connectivity index (χ4v) is 2.46. The first-order valence-electron chi connectivity index (χ1n) is 6.06. The summed E-state index contributed by atoms with van der Waals surface area (Å²) >= 11 is 6.03. The van der Waals surface area contributed by atoms with Gasteiger partial charge in [-0.2, -0.15) is 0 Å². The van der Waals surface area contributed by atoms with Gasteiger partial charge in [-0.1, -0.05) is 23.7 Å². The molecule has 0 fully saturated rings. The Morgan fingerprint density at radius 2 is 1.57 bits per heavy atom. The lowest BCUT2D eigenvalue weighted by Crippen LogP contribution is -1.99. The molecule has 0 aliphatic heterocycles. The van der Waals surface area contributed by atoms with Crippen LogP contribution in [0.5, 0.6) is 0 Å². The molecule has 0 radical (unpaired) electrons. The molecule has 0 saturated heterocycles. The number of nitrogens with zero attached hydrogens (tertiary/aromatic N) is 2. The van der Waals surface area contributed by atoms with E-state index in [-0.39, 0.29) is 16.5 Å². The van der Waals surface area contributed by atoms with Crippen molar-refractivity contribution in [2.45, 2.75) is 6.92 Å². The molecule has 0 spiro atoms. The molecule has 1 heterocycles. The summed E-state index contributed by atoms with van der Waals surface area (Å²) in [5.41, 5.74) is 0.187. The van der Waals surface area contributed by atoms with Crippen LogP contribution < -0.4 is 0 Å². The summed E-state index contributed by atoms with van der Waals surface area (Å²) in [6, 6.07) is 6.14. The van der Waals surface area contributed by atoms with Gasteiger partial charge in [-0.3, -0.25) is 0 Å². The summed E-state index contributed by atoms with van der Waals surface area (Å²) in [4.78, 5) is 7.84. The molecular weight excluding hydrogens is 301 g/mol. The van der Waals surface area contributed by atoms with E-state index in [1.165, 1.54) is 18.2 Å². The smallest absolute Gasteiger partial charge is 0.167 e. The van der Waals surface area contributed by atoms with Gasteiger partial charge >= 0.3 is 0 Å². The average Bonchev–Trinajstić information content (AvgIpc) is 2.42. The molecule has 0 amide bonds. The third kappa shape index (κ3) is 2.23. The molecule has 2 nitrogen and oxygen atoms in total. The first-order valence-corrected chi connectivity index (χ1v) is 6.43. The van der Waals surface area contributed by atoms with E-state index in [1.807, 2.05) is 0 Å². The highest BCUT2D eigenvalue weighted by Gasteiger charge is 2.18. The summed E-state index contributed by atoms with van der Waals surface area (Å²) in [5.74, 6) is -2.58. The van der Waals surface area contributed by atoms with Crippen LogP contribution in [0.2, 0.25) is 5.15 Å². The molecule has 0 bridgehead atoms. The van der Waals surface area contributed by atoms with Crippen molar-refractivity contribution in [1.29, 1.82) is 0 Å². The molecular formula is C15H8ClF3N2. The lowest BCUT2D eigenvalue weighted by atomic mass is 10.1. The molecule has 0 saturated carbocycles. The summed E-state index contributed by atoms with van der Waals surface area (Å²) in [7, 11) is 0. The molecule has 0 unspecified atom stereocenters. The van der Waals surface area contributed by atoms with Gasteiger partial charge in [0.05, 0.1) is 5.56 Å². The Balaban J connectivity index is 2.39. The molecule has 3 aromatic rings. The maximum Gasteiger partial charge on any atom is 0.167 e. The predicted molar refractivity (Wildman–Crippen MR) is 74.6 cm³/mol. The SMILES string of the molecule is Cc1ccc(F)c2nc(-c3c(F)cccc3F)nc(Cl)c12. The van der Waals surface area contributed by atoms with Gasteiger partial charge < -0.3 is 0 Å².